The predicted octanol–water partition coefficient (Wildman–Crippen LogP) is 0.565. The summed E-state index contributed by atoms with van der Waals surface area (Å²) < 4.78 is 0. The van der Waals surface area contributed by atoms with Crippen molar-refractivity contribution in [1.29, 1.82) is 0 Å². The summed E-state index contributed by atoms with van der Waals surface area (Å²) in [5.41, 5.74) is 0.324. The first-order valence-corrected chi connectivity index (χ1v) is 1.31. The minimum absolute atomic E-state index is 0.324. The summed E-state index contributed by atoms with van der Waals surface area (Å²) in [7, 11) is 0. The smallest absolute Gasteiger partial charge is 0.145 e. The maximum absolute atomic E-state index is 9.34. The Kier molecular flexibility index (Phi) is 1.50. The van der Waals surface area contributed by atoms with Crippen LogP contribution in [-0.2, 0) is 4.79 Å². The van der Waals surface area contributed by atoms with Crippen LogP contribution in [0.4, 0.5) is 0 Å². The Morgan fingerprint density at radius 1 is 2.00 bits per heavy atom. The van der Waals surface area contributed by atoms with Crippen LogP contribution in [-0.4, -0.2) is 6.29 Å². The molecule has 0 saturated carbocycles. The standard InChI is InChI=1S/C4H5O/c1-4(2)3-5/h1,3H,2H3. The van der Waals surface area contributed by atoms with Gasteiger partial charge in [-0.1, -0.05) is 6.58 Å². The van der Waals surface area contributed by atoms with Gasteiger partial charge in [-0.05, 0) is 12.5 Å². The molecule has 0 N–H and O–H groups in total. The van der Waals surface area contributed by atoms with E-state index in [1.807, 2.05) is 0 Å². The van der Waals surface area contributed by atoms with Crippen molar-refractivity contribution >= 4 is 6.29 Å². The van der Waals surface area contributed by atoms with Crippen LogP contribution in [0.5, 0.6) is 0 Å². The molecule has 1 heteroatoms. The first kappa shape index (κ1) is 4.41. The molecule has 0 heterocycles. The van der Waals surface area contributed by atoms with Crippen molar-refractivity contribution < 1.29 is 4.79 Å². The van der Waals surface area contributed by atoms with Crippen LogP contribution in [0.2, 0.25) is 0 Å². The predicted molar refractivity (Wildman–Crippen MR) is 19.6 cm³/mol. The van der Waals surface area contributed by atoms with E-state index >= 15 is 0 Å². The molecule has 0 fully saturated rings. The van der Waals surface area contributed by atoms with Gasteiger partial charge in [0, 0.05) is 0 Å². The van der Waals surface area contributed by atoms with Gasteiger partial charge >= 0.3 is 0 Å². The maximum Gasteiger partial charge on any atom is 0.145 e. The fourth-order valence-corrected chi connectivity index (χ4v) is 0. The molecule has 1 nitrogen and oxygen atoms in total. The van der Waals surface area contributed by atoms with Gasteiger partial charge in [0.2, 0.25) is 0 Å². The molecule has 0 rings (SSSR count). The van der Waals surface area contributed by atoms with Gasteiger partial charge in [0.25, 0.3) is 0 Å². The molecule has 0 aliphatic carbocycles. The Balaban J connectivity index is 3.20. The first-order chi connectivity index (χ1) is 2.27. The highest BCUT2D eigenvalue weighted by atomic mass is 16.1. The summed E-state index contributed by atoms with van der Waals surface area (Å²) in [5.74, 6) is 0. The van der Waals surface area contributed by atoms with Crippen molar-refractivity contribution in [1.82, 2.24) is 0 Å². The lowest BCUT2D eigenvalue weighted by atomic mass is 10.4. The largest absolute Gasteiger partial charge is 0.298 e. The third kappa shape index (κ3) is 3.41. The lowest BCUT2D eigenvalue weighted by Crippen LogP contribution is -1.65. The molecule has 0 saturated heterocycles. The zero-order valence-corrected chi connectivity index (χ0v) is 3.06. The molecule has 5 heavy (non-hydrogen) atoms. The summed E-state index contributed by atoms with van der Waals surface area (Å²) in [4.78, 5) is 9.34. The van der Waals surface area contributed by atoms with Crippen LogP contribution < -0.4 is 0 Å². The molecular weight excluding hydrogens is 64.0 g/mol. The van der Waals surface area contributed by atoms with Crippen LogP contribution in [0.3, 0.4) is 0 Å². The van der Waals surface area contributed by atoms with Gasteiger partial charge in [0.15, 0.2) is 0 Å². The topological polar surface area (TPSA) is 17.1 Å². The van der Waals surface area contributed by atoms with E-state index in [0.717, 1.165) is 0 Å². The van der Waals surface area contributed by atoms with Crippen molar-refractivity contribution in [3.63, 3.8) is 0 Å². The molecular formula is C4H5O. The Morgan fingerprint density at radius 2 is 2.20 bits per heavy atom. The Bertz CT molecular complexity index is 54.7. The normalized spacial score (nSPS) is 6.60. The molecule has 0 unspecified atom stereocenters. The molecule has 0 amide bonds. The van der Waals surface area contributed by atoms with E-state index < -0.39 is 0 Å². The first-order valence-electron chi connectivity index (χ1n) is 1.31. The van der Waals surface area contributed by atoms with Crippen LogP contribution in [0.25, 0.3) is 0 Å². The lowest BCUT2D eigenvalue weighted by Gasteiger charge is -1.65. The van der Waals surface area contributed by atoms with Crippen molar-refractivity contribution in [2.24, 2.45) is 0 Å². The number of hydrogen-bond donors (Lipinski definition) is 0. The Morgan fingerprint density at radius 3 is 2.20 bits per heavy atom. The fourth-order valence-electron chi connectivity index (χ4n) is 0. The molecule has 0 aliphatic heterocycles. The van der Waals surface area contributed by atoms with Gasteiger partial charge in [-0.3, -0.25) is 4.79 Å². The third-order valence-corrected chi connectivity index (χ3v) is 0.186. The van der Waals surface area contributed by atoms with E-state index in [-0.39, 0.29) is 0 Å². The number of allylic oxidation sites excluding steroid dienone is 1. The van der Waals surface area contributed by atoms with Crippen molar-refractivity contribution in [3.05, 3.63) is 12.2 Å². The molecule has 0 bridgehead atoms. The van der Waals surface area contributed by atoms with E-state index in [0.29, 0.717) is 11.9 Å². The van der Waals surface area contributed by atoms with Gasteiger partial charge in [0.1, 0.15) is 6.29 Å². The van der Waals surface area contributed by atoms with E-state index in [2.05, 4.69) is 0 Å². The average molecular weight is 69.1 g/mol. The van der Waals surface area contributed by atoms with Gasteiger partial charge in [-0.15, -0.1) is 0 Å². The fraction of sp³-hybridized carbons (Fsp3) is 0.250. The number of aldehydes is 1. The highest BCUT2D eigenvalue weighted by Gasteiger charge is 1.66. The molecule has 0 aromatic rings. The minimum atomic E-state index is 0.324. The van der Waals surface area contributed by atoms with E-state index in [9.17, 15) is 4.79 Å². The second-order valence-corrected chi connectivity index (χ2v) is 0.862. The average Bonchev–Trinajstić information content (AvgIpc) is 1.38. The molecule has 0 aromatic carbocycles. The van der Waals surface area contributed by atoms with Gasteiger partial charge in [0.05, 0.1) is 0 Å². The maximum atomic E-state index is 9.34. The number of carbonyl (C=O) groups excluding carboxylic acids is 1. The number of carbonyl (C=O) groups is 1. The summed E-state index contributed by atoms with van der Waals surface area (Å²) >= 11 is 0. The molecule has 0 spiro atoms. The molecule has 27 valence electrons. The van der Waals surface area contributed by atoms with Crippen molar-refractivity contribution in [2.45, 2.75) is 6.92 Å². The highest BCUT2D eigenvalue weighted by molar-refractivity contribution is 5.70. The summed E-state index contributed by atoms with van der Waals surface area (Å²) in [5, 5.41) is 0. The lowest BCUT2D eigenvalue weighted by molar-refractivity contribution is -0.104. The summed E-state index contributed by atoms with van der Waals surface area (Å²) in [6.07, 6.45) is 0.611. The quantitative estimate of drug-likeness (QED) is 0.325. The van der Waals surface area contributed by atoms with Crippen LogP contribution >= 0.6 is 0 Å². The van der Waals surface area contributed by atoms with Crippen LogP contribution in [0.1, 0.15) is 6.92 Å². The van der Waals surface area contributed by atoms with Crippen LogP contribution in [0.15, 0.2) is 5.57 Å². The van der Waals surface area contributed by atoms with Crippen molar-refractivity contribution in [3.8, 4) is 0 Å². The zero-order valence-electron chi connectivity index (χ0n) is 3.06. The number of hydrogen-bond acceptors (Lipinski definition) is 1. The Hall–Kier alpha value is -0.590. The van der Waals surface area contributed by atoms with Gasteiger partial charge in [-0.2, -0.15) is 0 Å². The SMILES string of the molecule is [CH]=C(C)C=O. The summed E-state index contributed by atoms with van der Waals surface area (Å²) in [6.45, 7) is 6.39. The zero-order chi connectivity index (χ0) is 4.28. The monoisotopic (exact) mass is 69.0 g/mol. The molecule has 0 aliphatic rings. The van der Waals surface area contributed by atoms with Gasteiger partial charge in [-0.25, -0.2) is 0 Å². The third-order valence-electron chi connectivity index (χ3n) is 0.186. The molecule has 0 aromatic heterocycles. The van der Waals surface area contributed by atoms with E-state index in [1.165, 1.54) is 0 Å². The number of rotatable bonds is 1. The minimum Gasteiger partial charge on any atom is -0.298 e. The second-order valence-electron chi connectivity index (χ2n) is 0.862. The molecule has 0 atom stereocenters. The highest BCUT2D eigenvalue weighted by Crippen LogP contribution is 1.70. The van der Waals surface area contributed by atoms with Gasteiger partial charge < -0.3 is 0 Å². The molecule has 1 radical (unpaired) electrons. The van der Waals surface area contributed by atoms with Crippen LogP contribution in [0, 0.1) is 6.58 Å². The second kappa shape index (κ2) is 1.70. The van der Waals surface area contributed by atoms with Crippen molar-refractivity contribution in [2.75, 3.05) is 0 Å². The Labute approximate surface area is 31.3 Å². The van der Waals surface area contributed by atoms with E-state index in [1.54, 1.807) is 6.92 Å². The van der Waals surface area contributed by atoms with E-state index in [4.69, 9.17) is 6.58 Å². The summed E-state index contributed by atoms with van der Waals surface area (Å²) in [6, 6.07) is 0.